The molecule has 2 aliphatic rings. The first kappa shape index (κ1) is 12.2. The summed E-state index contributed by atoms with van der Waals surface area (Å²) in [6.07, 6.45) is 4.27. The Balaban J connectivity index is 1.80. The van der Waals surface area contributed by atoms with Crippen LogP contribution in [0.25, 0.3) is 0 Å². The molecule has 2 nitrogen and oxygen atoms in total. The van der Waals surface area contributed by atoms with Crippen molar-refractivity contribution in [3.05, 3.63) is 20.8 Å². The van der Waals surface area contributed by atoms with E-state index in [1.165, 1.54) is 36.1 Å². The minimum absolute atomic E-state index is 0.683. The highest BCUT2D eigenvalue weighted by Crippen LogP contribution is 2.44. The predicted octanol–water partition coefficient (Wildman–Crippen LogP) is 3.26. The van der Waals surface area contributed by atoms with E-state index in [9.17, 15) is 0 Å². The molecular formula is C13H19BrN2S. The Morgan fingerprint density at radius 3 is 2.59 bits per heavy atom. The quantitative estimate of drug-likeness (QED) is 0.921. The normalized spacial score (nSPS) is 24.5. The third kappa shape index (κ3) is 2.60. The predicted molar refractivity (Wildman–Crippen MR) is 76.5 cm³/mol. The maximum atomic E-state index is 3.60. The SMILES string of the molecule is Brc1ccc([C@@H](C2CCC2)N2CCNCC2)s1. The highest BCUT2D eigenvalue weighted by atomic mass is 79.9. The number of hydrogen-bond donors (Lipinski definition) is 1. The molecule has 0 bridgehead atoms. The van der Waals surface area contributed by atoms with Crippen molar-refractivity contribution in [1.82, 2.24) is 10.2 Å². The van der Waals surface area contributed by atoms with Crippen molar-refractivity contribution in [2.45, 2.75) is 25.3 Å². The van der Waals surface area contributed by atoms with E-state index in [-0.39, 0.29) is 0 Å². The van der Waals surface area contributed by atoms with E-state index < -0.39 is 0 Å². The molecule has 0 unspecified atom stereocenters. The van der Waals surface area contributed by atoms with E-state index in [2.05, 4.69) is 38.3 Å². The molecule has 17 heavy (non-hydrogen) atoms. The van der Waals surface area contributed by atoms with Gasteiger partial charge in [0.25, 0.3) is 0 Å². The van der Waals surface area contributed by atoms with Crippen LogP contribution >= 0.6 is 27.3 Å². The topological polar surface area (TPSA) is 15.3 Å². The van der Waals surface area contributed by atoms with Gasteiger partial charge in [-0.3, -0.25) is 4.90 Å². The second-order valence-corrected chi connectivity index (χ2v) is 7.56. The second kappa shape index (κ2) is 5.39. The molecule has 94 valence electrons. The lowest BCUT2D eigenvalue weighted by Gasteiger charge is -2.42. The Bertz CT molecular complexity index is 369. The van der Waals surface area contributed by atoms with Crippen LogP contribution < -0.4 is 5.32 Å². The molecule has 1 atom stereocenters. The molecule has 2 fully saturated rings. The number of rotatable bonds is 3. The molecule has 1 N–H and O–H groups in total. The summed E-state index contributed by atoms with van der Waals surface area (Å²) in [6.45, 7) is 4.71. The van der Waals surface area contributed by atoms with Crippen molar-refractivity contribution >= 4 is 27.3 Å². The van der Waals surface area contributed by atoms with Gasteiger partial charge in [-0.15, -0.1) is 11.3 Å². The lowest BCUT2D eigenvalue weighted by atomic mass is 9.78. The number of nitrogens with zero attached hydrogens (tertiary/aromatic N) is 1. The highest BCUT2D eigenvalue weighted by molar-refractivity contribution is 9.11. The van der Waals surface area contributed by atoms with Crippen molar-refractivity contribution in [2.24, 2.45) is 5.92 Å². The molecule has 2 heterocycles. The lowest BCUT2D eigenvalue weighted by molar-refractivity contribution is 0.0860. The minimum Gasteiger partial charge on any atom is -0.314 e. The second-order valence-electron chi connectivity index (χ2n) is 5.06. The van der Waals surface area contributed by atoms with Gasteiger partial charge in [0.1, 0.15) is 0 Å². The Hall–Kier alpha value is 0.1000. The molecule has 1 aromatic rings. The number of piperazine rings is 1. The van der Waals surface area contributed by atoms with Crippen LogP contribution in [0.3, 0.4) is 0 Å². The average molecular weight is 315 g/mol. The van der Waals surface area contributed by atoms with Gasteiger partial charge in [-0.05, 0) is 46.8 Å². The molecule has 0 amide bonds. The molecule has 0 spiro atoms. The Morgan fingerprint density at radius 1 is 1.29 bits per heavy atom. The molecule has 3 rings (SSSR count). The van der Waals surface area contributed by atoms with Crippen LogP contribution in [0, 0.1) is 5.92 Å². The van der Waals surface area contributed by atoms with E-state index in [1.54, 1.807) is 4.88 Å². The van der Waals surface area contributed by atoms with Gasteiger partial charge in [-0.2, -0.15) is 0 Å². The van der Waals surface area contributed by atoms with Gasteiger partial charge in [0.15, 0.2) is 0 Å². The summed E-state index contributed by atoms with van der Waals surface area (Å²) in [6, 6.07) is 5.20. The standard InChI is InChI=1S/C13H19BrN2S/c14-12-5-4-11(17-12)13(10-2-1-3-10)16-8-6-15-7-9-16/h4-5,10,13,15H,1-3,6-9H2/t13-/m1/s1. The molecule has 1 aliphatic heterocycles. The average Bonchev–Trinajstić information content (AvgIpc) is 2.71. The van der Waals surface area contributed by atoms with E-state index in [1.807, 2.05) is 11.3 Å². The van der Waals surface area contributed by atoms with Gasteiger partial charge in [0.05, 0.1) is 3.79 Å². The molecule has 1 saturated carbocycles. The van der Waals surface area contributed by atoms with Crippen LogP contribution in [0.1, 0.15) is 30.2 Å². The molecule has 1 saturated heterocycles. The van der Waals surface area contributed by atoms with Crippen LogP contribution in [0.2, 0.25) is 0 Å². The van der Waals surface area contributed by atoms with Crippen LogP contribution in [0.15, 0.2) is 15.9 Å². The molecule has 0 aromatic carbocycles. The number of nitrogens with one attached hydrogen (secondary N) is 1. The fourth-order valence-electron chi connectivity index (χ4n) is 2.91. The minimum atomic E-state index is 0.683. The smallest absolute Gasteiger partial charge is 0.0701 e. The van der Waals surface area contributed by atoms with E-state index in [0.29, 0.717) is 6.04 Å². The van der Waals surface area contributed by atoms with Crippen molar-refractivity contribution in [1.29, 1.82) is 0 Å². The summed E-state index contributed by atoms with van der Waals surface area (Å²) in [5.41, 5.74) is 0. The van der Waals surface area contributed by atoms with Gasteiger partial charge in [0.2, 0.25) is 0 Å². The zero-order valence-electron chi connectivity index (χ0n) is 9.99. The Kier molecular flexibility index (Phi) is 3.85. The third-order valence-electron chi connectivity index (χ3n) is 4.03. The number of hydrogen-bond acceptors (Lipinski definition) is 3. The summed E-state index contributed by atoms with van der Waals surface area (Å²) >= 11 is 5.52. The summed E-state index contributed by atoms with van der Waals surface area (Å²) in [4.78, 5) is 4.25. The summed E-state index contributed by atoms with van der Waals surface area (Å²) in [5, 5.41) is 3.45. The maximum absolute atomic E-state index is 3.60. The summed E-state index contributed by atoms with van der Waals surface area (Å²) < 4.78 is 1.27. The van der Waals surface area contributed by atoms with Crippen molar-refractivity contribution < 1.29 is 0 Å². The summed E-state index contributed by atoms with van der Waals surface area (Å²) in [5.74, 6) is 0.902. The van der Waals surface area contributed by atoms with E-state index in [4.69, 9.17) is 0 Å². The van der Waals surface area contributed by atoms with E-state index >= 15 is 0 Å². The fraction of sp³-hybridized carbons (Fsp3) is 0.692. The Morgan fingerprint density at radius 2 is 2.06 bits per heavy atom. The largest absolute Gasteiger partial charge is 0.314 e. The fourth-order valence-corrected chi connectivity index (χ4v) is 4.57. The zero-order valence-corrected chi connectivity index (χ0v) is 12.4. The number of halogens is 1. The third-order valence-corrected chi connectivity index (χ3v) is 5.72. The van der Waals surface area contributed by atoms with Crippen LogP contribution in [0.5, 0.6) is 0 Å². The molecule has 0 radical (unpaired) electrons. The van der Waals surface area contributed by atoms with Crippen molar-refractivity contribution in [3.63, 3.8) is 0 Å². The summed E-state index contributed by atoms with van der Waals surface area (Å²) in [7, 11) is 0. The first-order valence-electron chi connectivity index (χ1n) is 6.54. The molecule has 1 aliphatic carbocycles. The van der Waals surface area contributed by atoms with Gasteiger partial charge in [-0.25, -0.2) is 0 Å². The van der Waals surface area contributed by atoms with Crippen molar-refractivity contribution in [2.75, 3.05) is 26.2 Å². The maximum Gasteiger partial charge on any atom is 0.0701 e. The highest BCUT2D eigenvalue weighted by Gasteiger charge is 2.34. The van der Waals surface area contributed by atoms with Gasteiger partial charge < -0.3 is 5.32 Å². The monoisotopic (exact) mass is 314 g/mol. The molecular weight excluding hydrogens is 296 g/mol. The van der Waals surface area contributed by atoms with E-state index in [0.717, 1.165) is 19.0 Å². The Labute approximate surface area is 116 Å². The zero-order chi connectivity index (χ0) is 11.7. The molecule has 4 heteroatoms. The van der Waals surface area contributed by atoms with Crippen LogP contribution in [-0.4, -0.2) is 31.1 Å². The lowest BCUT2D eigenvalue weighted by Crippen LogP contribution is -2.47. The molecule has 1 aromatic heterocycles. The van der Waals surface area contributed by atoms with Gasteiger partial charge in [-0.1, -0.05) is 6.42 Å². The number of thiophene rings is 1. The first-order valence-corrected chi connectivity index (χ1v) is 8.15. The van der Waals surface area contributed by atoms with Crippen LogP contribution in [0.4, 0.5) is 0 Å². The first-order chi connectivity index (χ1) is 8.34. The van der Waals surface area contributed by atoms with Gasteiger partial charge in [0, 0.05) is 37.1 Å². The van der Waals surface area contributed by atoms with Crippen molar-refractivity contribution in [3.8, 4) is 0 Å². The van der Waals surface area contributed by atoms with Gasteiger partial charge >= 0.3 is 0 Å². The van der Waals surface area contributed by atoms with Crippen LogP contribution in [-0.2, 0) is 0 Å².